The van der Waals surface area contributed by atoms with Gasteiger partial charge in [0.25, 0.3) is 5.91 Å². The third kappa shape index (κ3) is 5.03. The van der Waals surface area contributed by atoms with Gasteiger partial charge in [-0.05, 0) is 50.9 Å². The summed E-state index contributed by atoms with van der Waals surface area (Å²) in [6.07, 6.45) is -0.914. The minimum absolute atomic E-state index is 0.182. The number of anilines is 1. The normalized spacial score (nSPS) is 15.7. The molecular formula is C24H25F3N6O3. The first-order chi connectivity index (χ1) is 17.0. The molecule has 1 saturated heterocycles. The number of aryl methyl sites for hydroxylation is 3. The maximum Gasteiger partial charge on any atom is 0.490 e. The monoisotopic (exact) mass is 502 g/mol. The number of hydrogen-bond acceptors (Lipinski definition) is 5. The molecule has 0 spiro atoms. The maximum atomic E-state index is 12.8. The van der Waals surface area contributed by atoms with Gasteiger partial charge in [0.2, 0.25) is 0 Å². The number of hydrogen-bond donors (Lipinski definition) is 4. The zero-order valence-corrected chi connectivity index (χ0v) is 19.8. The molecule has 9 nitrogen and oxygen atoms in total. The number of aromatic nitrogens is 4. The number of aliphatic carboxylic acids is 1. The first-order valence-corrected chi connectivity index (χ1v) is 11.2. The molecule has 1 fully saturated rings. The van der Waals surface area contributed by atoms with E-state index in [2.05, 4.69) is 32.6 Å². The van der Waals surface area contributed by atoms with Crippen molar-refractivity contribution >= 4 is 39.5 Å². The first kappa shape index (κ1) is 25.2. The Morgan fingerprint density at radius 1 is 1.19 bits per heavy atom. The minimum atomic E-state index is -5.08. The van der Waals surface area contributed by atoms with Gasteiger partial charge in [-0.3, -0.25) is 9.48 Å². The number of carbonyl (C=O) groups is 2. The number of halogens is 3. The standard InChI is InChI=1S/C22H24N6O.C2HF3O2/c1-12-16-11-24-20(10-18(16)25-21(12)17-5-4-8-23-17)26-22(29)14-6-7-15-13(2)27-28(3)19(15)9-14;3-2(4,5)1(6)7/h6-7,9-11,17,23,25H,4-5,8H2,1-3H3,(H,24,26,29);(H,6,7)/t17-;/m1./s1. The summed E-state index contributed by atoms with van der Waals surface area (Å²) in [4.78, 5) is 29.7. The molecule has 0 saturated carbocycles. The Kier molecular flexibility index (Phi) is 6.72. The molecule has 1 aliphatic rings. The number of carboxylic acid groups (broad SMARTS) is 1. The molecular weight excluding hydrogens is 477 g/mol. The summed E-state index contributed by atoms with van der Waals surface area (Å²) >= 11 is 0. The van der Waals surface area contributed by atoms with E-state index in [9.17, 15) is 18.0 Å². The maximum absolute atomic E-state index is 12.8. The fourth-order valence-electron chi connectivity index (χ4n) is 4.36. The molecule has 1 amide bonds. The predicted molar refractivity (Wildman–Crippen MR) is 128 cm³/mol. The van der Waals surface area contributed by atoms with Crippen molar-refractivity contribution in [3.8, 4) is 0 Å². The zero-order valence-electron chi connectivity index (χ0n) is 19.8. The lowest BCUT2D eigenvalue weighted by atomic mass is 10.1. The van der Waals surface area contributed by atoms with E-state index in [-0.39, 0.29) is 5.91 Å². The van der Waals surface area contributed by atoms with Gasteiger partial charge < -0.3 is 20.7 Å². The fourth-order valence-corrected chi connectivity index (χ4v) is 4.36. The van der Waals surface area contributed by atoms with Crippen LogP contribution in [0.1, 0.15) is 46.2 Å². The first-order valence-electron chi connectivity index (χ1n) is 11.2. The molecule has 4 heterocycles. The van der Waals surface area contributed by atoms with Gasteiger partial charge in [-0.25, -0.2) is 9.78 Å². The third-order valence-corrected chi connectivity index (χ3v) is 6.17. The van der Waals surface area contributed by atoms with Crippen LogP contribution < -0.4 is 10.6 Å². The van der Waals surface area contributed by atoms with Gasteiger partial charge in [-0.15, -0.1) is 0 Å². The van der Waals surface area contributed by atoms with Crippen LogP contribution in [0.2, 0.25) is 0 Å². The summed E-state index contributed by atoms with van der Waals surface area (Å²) in [7, 11) is 1.89. The van der Waals surface area contributed by atoms with Crippen LogP contribution in [0.4, 0.5) is 19.0 Å². The van der Waals surface area contributed by atoms with Crippen LogP contribution in [-0.2, 0) is 11.8 Å². The highest BCUT2D eigenvalue weighted by molar-refractivity contribution is 6.06. The van der Waals surface area contributed by atoms with Crippen molar-refractivity contribution in [3.63, 3.8) is 0 Å². The number of H-pyrrole nitrogens is 1. The Labute approximate surface area is 203 Å². The molecule has 1 atom stereocenters. The van der Waals surface area contributed by atoms with Gasteiger partial charge in [0, 0.05) is 47.4 Å². The van der Waals surface area contributed by atoms with Crippen LogP contribution in [0.25, 0.3) is 21.8 Å². The highest BCUT2D eigenvalue weighted by Crippen LogP contribution is 2.31. The molecule has 0 unspecified atom stereocenters. The Morgan fingerprint density at radius 2 is 1.92 bits per heavy atom. The van der Waals surface area contributed by atoms with Crippen LogP contribution in [-0.4, -0.2) is 49.5 Å². The minimum Gasteiger partial charge on any atom is -0.475 e. The van der Waals surface area contributed by atoms with Crippen LogP contribution in [0.5, 0.6) is 0 Å². The zero-order chi connectivity index (χ0) is 26.2. The summed E-state index contributed by atoms with van der Waals surface area (Å²) in [5.41, 5.74) is 5.92. The lowest BCUT2D eigenvalue weighted by Gasteiger charge is -2.08. The smallest absolute Gasteiger partial charge is 0.475 e. The number of carboxylic acids is 1. The van der Waals surface area contributed by atoms with E-state index >= 15 is 0 Å². The Morgan fingerprint density at radius 3 is 2.56 bits per heavy atom. The molecule has 5 rings (SSSR count). The molecule has 3 aromatic heterocycles. The van der Waals surface area contributed by atoms with Gasteiger partial charge in [-0.2, -0.15) is 18.3 Å². The highest BCUT2D eigenvalue weighted by atomic mass is 19.4. The highest BCUT2D eigenvalue weighted by Gasteiger charge is 2.38. The summed E-state index contributed by atoms with van der Waals surface area (Å²) < 4.78 is 33.5. The Hall–Kier alpha value is -3.93. The Bertz CT molecular complexity index is 1450. The quantitative estimate of drug-likeness (QED) is 0.330. The van der Waals surface area contributed by atoms with Crippen LogP contribution in [0, 0.1) is 13.8 Å². The van der Waals surface area contributed by atoms with E-state index in [1.54, 1.807) is 4.68 Å². The van der Waals surface area contributed by atoms with Crippen molar-refractivity contribution in [2.24, 2.45) is 7.05 Å². The molecule has 4 N–H and O–H groups in total. The number of benzene rings is 1. The molecule has 12 heteroatoms. The van der Waals surface area contributed by atoms with Crippen molar-refractivity contribution in [2.75, 3.05) is 11.9 Å². The molecule has 4 aromatic rings. The molecule has 36 heavy (non-hydrogen) atoms. The average molecular weight is 502 g/mol. The summed E-state index contributed by atoms with van der Waals surface area (Å²) in [6.45, 7) is 5.15. The third-order valence-electron chi connectivity index (χ3n) is 6.17. The van der Waals surface area contributed by atoms with Gasteiger partial charge in [0.05, 0.1) is 16.7 Å². The molecule has 0 aliphatic carbocycles. The van der Waals surface area contributed by atoms with Gasteiger partial charge >= 0.3 is 12.1 Å². The number of carbonyl (C=O) groups excluding carboxylic acids is 1. The van der Waals surface area contributed by atoms with Crippen molar-refractivity contribution in [3.05, 3.63) is 53.0 Å². The van der Waals surface area contributed by atoms with Gasteiger partial charge in [0.1, 0.15) is 5.82 Å². The van der Waals surface area contributed by atoms with E-state index in [0.717, 1.165) is 40.5 Å². The van der Waals surface area contributed by atoms with Crippen LogP contribution in [0.3, 0.4) is 0 Å². The van der Waals surface area contributed by atoms with Crippen LogP contribution >= 0.6 is 0 Å². The molecule has 190 valence electrons. The topological polar surface area (TPSA) is 125 Å². The number of fused-ring (bicyclic) bond motifs is 2. The number of nitrogens with one attached hydrogen (secondary N) is 3. The van der Waals surface area contributed by atoms with Crippen molar-refractivity contribution in [2.45, 2.75) is 38.9 Å². The van der Waals surface area contributed by atoms with E-state index in [1.165, 1.54) is 17.7 Å². The number of amides is 1. The van der Waals surface area contributed by atoms with E-state index in [0.29, 0.717) is 17.4 Å². The number of alkyl halides is 3. The SMILES string of the molecule is Cc1c([C@H]2CCCN2)[nH]c2cc(NC(=O)c3ccc4c(C)nn(C)c4c3)ncc12.O=C(O)C(F)(F)F. The fraction of sp³-hybridized carbons (Fsp3) is 0.333. The van der Waals surface area contributed by atoms with Crippen molar-refractivity contribution < 1.29 is 27.9 Å². The van der Waals surface area contributed by atoms with E-state index < -0.39 is 12.1 Å². The lowest BCUT2D eigenvalue weighted by molar-refractivity contribution is -0.192. The number of nitrogens with zero attached hydrogens (tertiary/aromatic N) is 3. The van der Waals surface area contributed by atoms with E-state index in [4.69, 9.17) is 9.90 Å². The molecule has 0 bridgehead atoms. The average Bonchev–Trinajstić information content (AvgIpc) is 3.52. The summed E-state index contributed by atoms with van der Waals surface area (Å²) in [6, 6.07) is 7.91. The second-order valence-corrected chi connectivity index (χ2v) is 8.63. The largest absolute Gasteiger partial charge is 0.490 e. The van der Waals surface area contributed by atoms with Gasteiger partial charge in [-0.1, -0.05) is 6.07 Å². The van der Waals surface area contributed by atoms with Crippen molar-refractivity contribution in [1.29, 1.82) is 0 Å². The second-order valence-electron chi connectivity index (χ2n) is 8.63. The van der Waals surface area contributed by atoms with E-state index in [1.807, 2.05) is 44.4 Å². The second kappa shape index (κ2) is 9.61. The molecule has 1 aromatic carbocycles. The number of rotatable bonds is 3. The number of aromatic amines is 1. The Balaban J connectivity index is 0.000000384. The predicted octanol–water partition coefficient (Wildman–Crippen LogP) is 4.38. The molecule has 0 radical (unpaired) electrons. The summed E-state index contributed by atoms with van der Waals surface area (Å²) in [5, 5.41) is 20.1. The molecule has 1 aliphatic heterocycles. The van der Waals surface area contributed by atoms with Crippen LogP contribution in [0.15, 0.2) is 30.5 Å². The van der Waals surface area contributed by atoms with Gasteiger partial charge in [0.15, 0.2) is 0 Å². The summed E-state index contributed by atoms with van der Waals surface area (Å²) in [5.74, 6) is -2.40. The van der Waals surface area contributed by atoms with Crippen molar-refractivity contribution in [1.82, 2.24) is 25.1 Å². The lowest BCUT2D eigenvalue weighted by Crippen LogP contribution is -2.21. The number of pyridine rings is 1.